The smallest absolute Gasteiger partial charge is 0.264 e. The summed E-state index contributed by atoms with van der Waals surface area (Å²) in [5.74, 6) is 0. The van der Waals surface area contributed by atoms with Gasteiger partial charge in [-0.2, -0.15) is 8.42 Å². The van der Waals surface area contributed by atoms with Gasteiger partial charge in [-0.05, 0) is 40.4 Å². The van der Waals surface area contributed by atoms with Crippen molar-refractivity contribution < 1.29 is 31.2 Å². The Bertz CT molecular complexity index is 1480. The van der Waals surface area contributed by atoms with Crippen LogP contribution >= 0.6 is 0 Å². The van der Waals surface area contributed by atoms with Crippen molar-refractivity contribution in [2.75, 3.05) is 26.0 Å². The lowest BCUT2D eigenvalue weighted by Crippen LogP contribution is -2.61. The largest absolute Gasteiger partial charge is 0.414 e. The van der Waals surface area contributed by atoms with Crippen molar-refractivity contribution in [2.24, 2.45) is 5.11 Å². The molecule has 0 N–H and O–H groups in total. The Morgan fingerprint density at radius 1 is 0.826 bits per heavy atom. The highest BCUT2D eigenvalue weighted by Gasteiger charge is 2.49. The van der Waals surface area contributed by atoms with Crippen molar-refractivity contribution in [3.05, 3.63) is 118 Å². The monoisotopic (exact) mass is 669 g/mol. The van der Waals surface area contributed by atoms with Crippen LogP contribution in [0.3, 0.4) is 0 Å². The molecular weight excluding hydrogens is 623 g/mol. The maximum absolute atomic E-state index is 12.7. The van der Waals surface area contributed by atoms with Crippen LogP contribution < -0.4 is 0 Å². The molecule has 3 aromatic rings. The zero-order chi connectivity index (χ0) is 33.7. The molecule has 0 unspecified atom stereocenters. The van der Waals surface area contributed by atoms with Crippen molar-refractivity contribution in [3.63, 3.8) is 0 Å². The zero-order valence-corrected chi connectivity index (χ0v) is 29.5. The van der Waals surface area contributed by atoms with Crippen LogP contribution in [0.5, 0.6) is 0 Å². The number of benzene rings is 3. The van der Waals surface area contributed by atoms with Crippen LogP contribution in [0.15, 0.2) is 96.1 Å². The van der Waals surface area contributed by atoms with E-state index in [-0.39, 0.29) is 44.6 Å². The topological polar surface area (TPSA) is 129 Å². The molecule has 12 heteroatoms. The Kier molecular flexibility index (Phi) is 14.0. The van der Waals surface area contributed by atoms with Crippen molar-refractivity contribution in [2.45, 2.75) is 76.5 Å². The molecule has 0 aliphatic carbocycles. The summed E-state index contributed by atoms with van der Waals surface area (Å²) < 4.78 is 57.3. The first kappa shape index (κ1) is 37.4. The molecule has 3 aromatic carbocycles. The van der Waals surface area contributed by atoms with Crippen LogP contribution in [0, 0.1) is 0 Å². The molecule has 0 fully saturated rings. The van der Waals surface area contributed by atoms with Gasteiger partial charge in [0.15, 0.2) is 8.32 Å². The average Bonchev–Trinajstić information content (AvgIpc) is 3.01. The van der Waals surface area contributed by atoms with E-state index in [1.165, 1.54) is 0 Å². The van der Waals surface area contributed by atoms with Crippen molar-refractivity contribution in [3.8, 4) is 0 Å². The minimum Gasteiger partial charge on any atom is -0.414 e. The maximum Gasteiger partial charge on any atom is 0.264 e. The predicted molar refractivity (Wildman–Crippen MR) is 182 cm³/mol. The van der Waals surface area contributed by atoms with Gasteiger partial charge in [-0.15, -0.1) is 0 Å². The van der Waals surface area contributed by atoms with Gasteiger partial charge in [-0.1, -0.05) is 117 Å². The Morgan fingerprint density at radius 3 is 1.80 bits per heavy atom. The molecule has 0 saturated heterocycles. The summed E-state index contributed by atoms with van der Waals surface area (Å²) in [6.45, 7) is 10.6. The van der Waals surface area contributed by atoms with E-state index >= 15 is 0 Å². The van der Waals surface area contributed by atoms with E-state index in [9.17, 15) is 13.9 Å². The van der Waals surface area contributed by atoms with Crippen LogP contribution in [0.1, 0.15) is 37.5 Å². The molecular formula is C34H47N3O7SSi. The van der Waals surface area contributed by atoms with Crippen molar-refractivity contribution in [1.82, 2.24) is 0 Å². The number of rotatable bonds is 19. The molecule has 10 nitrogen and oxygen atoms in total. The second kappa shape index (κ2) is 17.2. The summed E-state index contributed by atoms with van der Waals surface area (Å²) in [7, 11) is -6.42. The fraction of sp³-hybridized carbons (Fsp3) is 0.471. The van der Waals surface area contributed by atoms with E-state index < -0.39 is 36.2 Å². The van der Waals surface area contributed by atoms with Gasteiger partial charge in [-0.3, -0.25) is 4.18 Å². The summed E-state index contributed by atoms with van der Waals surface area (Å²) in [6, 6.07) is 28.6. The molecule has 0 radical (unpaired) electrons. The number of azide groups is 1. The van der Waals surface area contributed by atoms with Gasteiger partial charge < -0.3 is 18.6 Å². The van der Waals surface area contributed by atoms with Gasteiger partial charge in [0.1, 0.15) is 17.8 Å². The lowest BCUT2D eigenvalue weighted by Gasteiger charge is -2.45. The number of hydrogen-bond donors (Lipinski definition) is 0. The van der Waals surface area contributed by atoms with E-state index in [1.807, 2.05) is 91.0 Å². The highest BCUT2D eigenvalue weighted by Crippen LogP contribution is 2.38. The molecule has 3 atom stereocenters. The van der Waals surface area contributed by atoms with Crippen LogP contribution in [-0.4, -0.2) is 60.6 Å². The Balaban J connectivity index is 2.13. The second-order valence-corrected chi connectivity index (χ2v) is 19.2. The highest BCUT2D eigenvalue weighted by atomic mass is 32.2. The highest BCUT2D eigenvalue weighted by molar-refractivity contribution is 7.86. The summed E-state index contributed by atoms with van der Waals surface area (Å²) in [5, 5.41) is 3.81. The van der Waals surface area contributed by atoms with E-state index in [2.05, 4.69) is 43.9 Å². The standard InChI is InChI=1S/C34H47N3O7SSi/c1-33(2,3)46(5,6)43-27-34(26-36-37-35,42-24-30-20-14-9-15-21-30)32(41-23-29-18-12-8-13-19-29)31(44-45(4,38)39)25-40-22-28-16-10-7-11-17-28/h7-21,31-32H,22-27H2,1-6H3/t31-,32+,34-/m0/s1. The van der Waals surface area contributed by atoms with E-state index in [0.717, 1.165) is 22.9 Å². The third kappa shape index (κ3) is 11.9. The summed E-state index contributed by atoms with van der Waals surface area (Å²) in [4.78, 5) is 3.06. The Hall–Kier alpha value is -3.06. The minimum absolute atomic E-state index is 0.0445. The van der Waals surface area contributed by atoms with E-state index in [4.69, 9.17) is 22.8 Å². The van der Waals surface area contributed by atoms with Crippen LogP contribution in [0.4, 0.5) is 0 Å². The molecule has 0 heterocycles. The van der Waals surface area contributed by atoms with Gasteiger partial charge in [0.05, 0.1) is 45.8 Å². The Morgan fingerprint density at radius 2 is 1.33 bits per heavy atom. The molecule has 250 valence electrons. The molecule has 46 heavy (non-hydrogen) atoms. The first-order valence-electron chi connectivity index (χ1n) is 15.2. The first-order chi connectivity index (χ1) is 21.7. The van der Waals surface area contributed by atoms with E-state index in [1.54, 1.807) is 0 Å². The number of ether oxygens (including phenoxy) is 3. The quantitative estimate of drug-likeness (QED) is 0.0427. The second-order valence-electron chi connectivity index (χ2n) is 12.8. The molecule has 3 rings (SSSR count). The number of hydrogen-bond acceptors (Lipinski definition) is 8. The number of nitrogens with zero attached hydrogens (tertiary/aromatic N) is 3. The fourth-order valence-electron chi connectivity index (χ4n) is 4.47. The van der Waals surface area contributed by atoms with Crippen molar-refractivity contribution in [1.29, 1.82) is 0 Å². The normalized spacial score (nSPS) is 15.0. The average molecular weight is 670 g/mol. The third-order valence-electron chi connectivity index (χ3n) is 8.07. The summed E-state index contributed by atoms with van der Waals surface area (Å²) in [5.41, 5.74) is 10.7. The minimum atomic E-state index is -4.01. The third-order valence-corrected chi connectivity index (χ3v) is 13.2. The van der Waals surface area contributed by atoms with Crippen LogP contribution in [0.25, 0.3) is 10.4 Å². The van der Waals surface area contributed by atoms with Gasteiger partial charge >= 0.3 is 0 Å². The van der Waals surface area contributed by atoms with Gasteiger partial charge in [0, 0.05) is 4.91 Å². The SMILES string of the molecule is CC(C)(C)[Si](C)(C)OC[C@](CN=[N+]=[N-])(OCc1ccccc1)[C@H](OCc1ccccc1)[C@H](COCc1ccccc1)OS(C)(=O)=O. The molecule has 0 bridgehead atoms. The lowest BCUT2D eigenvalue weighted by atomic mass is 9.92. The summed E-state index contributed by atoms with van der Waals surface area (Å²) >= 11 is 0. The van der Waals surface area contributed by atoms with E-state index in [0.29, 0.717) is 0 Å². The molecule has 0 aliphatic heterocycles. The first-order valence-corrected chi connectivity index (χ1v) is 20.0. The fourth-order valence-corrected chi connectivity index (χ4v) is 6.12. The molecule has 0 aliphatic rings. The lowest BCUT2D eigenvalue weighted by molar-refractivity contribution is -0.202. The molecule has 0 saturated carbocycles. The molecule has 0 spiro atoms. The summed E-state index contributed by atoms with van der Waals surface area (Å²) in [6.07, 6.45) is -1.32. The van der Waals surface area contributed by atoms with Gasteiger partial charge in [-0.25, -0.2) is 0 Å². The zero-order valence-electron chi connectivity index (χ0n) is 27.7. The predicted octanol–water partition coefficient (Wildman–Crippen LogP) is 7.42. The Labute approximate surface area is 274 Å². The van der Waals surface area contributed by atoms with Gasteiger partial charge in [0.25, 0.3) is 10.1 Å². The maximum atomic E-state index is 12.7. The van der Waals surface area contributed by atoms with Crippen molar-refractivity contribution >= 4 is 18.4 Å². The molecule has 0 aromatic heterocycles. The van der Waals surface area contributed by atoms with Gasteiger partial charge in [0.2, 0.25) is 0 Å². The molecule has 0 amide bonds. The van der Waals surface area contributed by atoms with Crippen LogP contribution in [0.2, 0.25) is 18.1 Å². The van der Waals surface area contributed by atoms with Crippen LogP contribution in [-0.2, 0) is 52.8 Å².